The summed E-state index contributed by atoms with van der Waals surface area (Å²) in [5.41, 5.74) is 0. The van der Waals surface area contributed by atoms with Gasteiger partial charge < -0.3 is 20.1 Å². The smallest absolute Gasteiger partial charge is 0.409 e. The van der Waals surface area contributed by atoms with E-state index in [2.05, 4.69) is 5.32 Å². The Morgan fingerprint density at radius 1 is 1.44 bits per heavy atom. The highest BCUT2D eigenvalue weighted by Gasteiger charge is 2.18. The highest BCUT2D eigenvalue weighted by molar-refractivity contribution is 8.00. The molecule has 1 fully saturated rings. The number of carboxylic acid groups (broad SMARTS) is 1. The fourth-order valence-electron chi connectivity index (χ4n) is 1.41. The summed E-state index contributed by atoms with van der Waals surface area (Å²) in [7, 11) is 0. The second-order valence-corrected chi connectivity index (χ2v) is 4.68. The number of hydrogen-bond acceptors (Lipinski definition) is 5. The molecule has 1 heterocycles. The molecule has 0 unspecified atom stereocenters. The molecule has 0 saturated carbocycles. The molecule has 8 heteroatoms. The lowest BCUT2D eigenvalue weighted by Gasteiger charge is -2.26. The lowest BCUT2D eigenvalue weighted by atomic mass is 10.3. The fraction of sp³-hybridized carbons (Fsp3) is 0.700. The summed E-state index contributed by atoms with van der Waals surface area (Å²) in [6.45, 7) is 1.85. The third-order valence-corrected chi connectivity index (χ3v) is 3.14. The van der Waals surface area contributed by atoms with E-state index in [0.29, 0.717) is 26.2 Å². The molecule has 2 amide bonds. The standard InChI is InChI=1S/C10H16N2O5S/c13-8(6-18-7-9(14)15)11-2-4-12-3-1-5-17-10(12)16/h1-7H2,(H,11,13)(H,14,15). The van der Waals surface area contributed by atoms with Gasteiger partial charge in [0, 0.05) is 19.6 Å². The maximum atomic E-state index is 11.3. The van der Waals surface area contributed by atoms with E-state index in [1.807, 2.05) is 0 Å². The molecule has 0 aliphatic carbocycles. The normalized spacial score (nSPS) is 15.1. The van der Waals surface area contributed by atoms with Crippen molar-refractivity contribution in [3.63, 3.8) is 0 Å². The molecule has 0 radical (unpaired) electrons. The zero-order valence-electron chi connectivity index (χ0n) is 9.89. The van der Waals surface area contributed by atoms with E-state index in [1.165, 1.54) is 4.90 Å². The quantitative estimate of drug-likeness (QED) is 0.666. The van der Waals surface area contributed by atoms with Crippen LogP contribution in [-0.2, 0) is 14.3 Å². The third kappa shape index (κ3) is 5.76. The van der Waals surface area contributed by atoms with Crippen molar-refractivity contribution in [3.05, 3.63) is 0 Å². The van der Waals surface area contributed by atoms with Gasteiger partial charge >= 0.3 is 12.1 Å². The molecule has 0 aromatic carbocycles. The van der Waals surface area contributed by atoms with Gasteiger partial charge in [-0.25, -0.2) is 4.79 Å². The van der Waals surface area contributed by atoms with Crippen molar-refractivity contribution < 1.29 is 24.2 Å². The highest BCUT2D eigenvalue weighted by atomic mass is 32.2. The summed E-state index contributed by atoms with van der Waals surface area (Å²) in [4.78, 5) is 34.3. The van der Waals surface area contributed by atoms with Crippen LogP contribution in [-0.4, -0.2) is 65.7 Å². The molecule has 1 rings (SSSR count). The van der Waals surface area contributed by atoms with Gasteiger partial charge in [0.25, 0.3) is 0 Å². The minimum atomic E-state index is -0.941. The van der Waals surface area contributed by atoms with Crippen molar-refractivity contribution in [2.75, 3.05) is 37.7 Å². The minimum absolute atomic E-state index is 0.0914. The summed E-state index contributed by atoms with van der Waals surface area (Å²) < 4.78 is 4.84. The lowest BCUT2D eigenvalue weighted by molar-refractivity contribution is -0.133. The van der Waals surface area contributed by atoms with Crippen LogP contribution < -0.4 is 5.32 Å². The van der Waals surface area contributed by atoms with E-state index in [1.54, 1.807) is 0 Å². The molecular weight excluding hydrogens is 260 g/mol. The first-order valence-electron chi connectivity index (χ1n) is 5.57. The van der Waals surface area contributed by atoms with Crippen molar-refractivity contribution in [2.45, 2.75) is 6.42 Å². The highest BCUT2D eigenvalue weighted by Crippen LogP contribution is 2.03. The number of amides is 2. The van der Waals surface area contributed by atoms with Crippen LogP contribution in [0.25, 0.3) is 0 Å². The monoisotopic (exact) mass is 276 g/mol. The first-order chi connectivity index (χ1) is 8.59. The Hall–Kier alpha value is -1.44. The minimum Gasteiger partial charge on any atom is -0.481 e. The van der Waals surface area contributed by atoms with Gasteiger partial charge in [-0.1, -0.05) is 0 Å². The summed E-state index contributed by atoms with van der Waals surface area (Å²) in [6.07, 6.45) is 0.449. The van der Waals surface area contributed by atoms with Crippen LogP contribution in [0, 0.1) is 0 Å². The Morgan fingerprint density at radius 2 is 2.22 bits per heavy atom. The summed E-state index contributed by atoms with van der Waals surface area (Å²) >= 11 is 1.04. The van der Waals surface area contributed by atoms with Gasteiger partial charge in [-0.2, -0.15) is 0 Å². The Labute approximate surface area is 109 Å². The molecule has 0 spiro atoms. The van der Waals surface area contributed by atoms with Crippen molar-refractivity contribution in [2.24, 2.45) is 0 Å². The number of nitrogens with one attached hydrogen (secondary N) is 1. The van der Waals surface area contributed by atoms with Gasteiger partial charge in [0.05, 0.1) is 18.1 Å². The average molecular weight is 276 g/mol. The van der Waals surface area contributed by atoms with Gasteiger partial charge in [-0.3, -0.25) is 9.59 Å². The van der Waals surface area contributed by atoms with Crippen LogP contribution in [0.5, 0.6) is 0 Å². The van der Waals surface area contributed by atoms with E-state index < -0.39 is 5.97 Å². The van der Waals surface area contributed by atoms with Crippen molar-refractivity contribution in [1.82, 2.24) is 10.2 Å². The van der Waals surface area contributed by atoms with E-state index in [4.69, 9.17) is 9.84 Å². The SMILES string of the molecule is O=C(O)CSCC(=O)NCCN1CCCOC1=O. The number of rotatable bonds is 7. The predicted molar refractivity (Wildman–Crippen MR) is 65.5 cm³/mol. The maximum Gasteiger partial charge on any atom is 0.409 e. The summed E-state index contributed by atoms with van der Waals surface area (Å²) in [6, 6.07) is 0. The number of hydrogen-bond donors (Lipinski definition) is 2. The molecule has 0 aromatic rings. The molecule has 0 aromatic heterocycles. The second kappa shape index (κ2) is 7.80. The summed E-state index contributed by atoms with van der Waals surface area (Å²) in [5, 5.41) is 11.0. The Kier molecular flexibility index (Phi) is 6.34. The molecule has 0 atom stereocenters. The molecule has 2 N–H and O–H groups in total. The fourth-order valence-corrected chi connectivity index (χ4v) is 1.98. The van der Waals surface area contributed by atoms with Crippen LogP contribution in [0.3, 0.4) is 0 Å². The number of carbonyl (C=O) groups is 3. The second-order valence-electron chi connectivity index (χ2n) is 3.69. The van der Waals surface area contributed by atoms with Gasteiger partial charge in [0.15, 0.2) is 0 Å². The van der Waals surface area contributed by atoms with Crippen LogP contribution in [0.4, 0.5) is 4.79 Å². The largest absolute Gasteiger partial charge is 0.481 e. The number of nitrogens with zero attached hydrogens (tertiary/aromatic N) is 1. The number of thioether (sulfide) groups is 1. The number of carboxylic acids is 1. The molecule has 102 valence electrons. The van der Waals surface area contributed by atoms with Crippen molar-refractivity contribution >= 4 is 29.7 Å². The average Bonchev–Trinajstić information content (AvgIpc) is 2.31. The number of aliphatic carboxylic acids is 1. The molecule has 1 aliphatic rings. The first kappa shape index (κ1) is 14.6. The van der Waals surface area contributed by atoms with Gasteiger partial charge in [-0.15, -0.1) is 11.8 Å². The van der Waals surface area contributed by atoms with Crippen molar-refractivity contribution in [1.29, 1.82) is 0 Å². The van der Waals surface area contributed by atoms with E-state index >= 15 is 0 Å². The third-order valence-electron chi connectivity index (χ3n) is 2.22. The van der Waals surface area contributed by atoms with Crippen LogP contribution >= 0.6 is 11.8 Å². The maximum absolute atomic E-state index is 11.3. The van der Waals surface area contributed by atoms with Gasteiger partial charge in [0.2, 0.25) is 5.91 Å². The van der Waals surface area contributed by atoms with Crippen LogP contribution in [0.2, 0.25) is 0 Å². The Bertz CT molecular complexity index is 323. The molecule has 18 heavy (non-hydrogen) atoms. The molecule has 1 aliphatic heterocycles. The first-order valence-corrected chi connectivity index (χ1v) is 6.73. The zero-order chi connectivity index (χ0) is 13.4. The van der Waals surface area contributed by atoms with Crippen LogP contribution in [0.1, 0.15) is 6.42 Å². The van der Waals surface area contributed by atoms with Crippen molar-refractivity contribution in [3.8, 4) is 0 Å². The molecule has 0 bridgehead atoms. The molecule has 7 nitrogen and oxygen atoms in total. The topological polar surface area (TPSA) is 95.9 Å². The summed E-state index contributed by atoms with van der Waals surface area (Å²) in [5.74, 6) is -1.15. The molecular formula is C10H16N2O5S. The molecule has 1 saturated heterocycles. The van der Waals surface area contributed by atoms with E-state index in [-0.39, 0.29) is 23.5 Å². The van der Waals surface area contributed by atoms with Gasteiger partial charge in [-0.05, 0) is 6.42 Å². The lowest BCUT2D eigenvalue weighted by Crippen LogP contribution is -2.42. The Balaban J connectivity index is 2.07. The number of carbonyl (C=O) groups excluding carboxylic acids is 2. The Morgan fingerprint density at radius 3 is 2.89 bits per heavy atom. The van der Waals surface area contributed by atoms with Crippen LogP contribution in [0.15, 0.2) is 0 Å². The van der Waals surface area contributed by atoms with Gasteiger partial charge in [0.1, 0.15) is 0 Å². The predicted octanol–water partition coefficient (Wildman–Crippen LogP) is -0.237. The number of ether oxygens (including phenoxy) is 1. The van der Waals surface area contributed by atoms with E-state index in [0.717, 1.165) is 18.2 Å². The zero-order valence-corrected chi connectivity index (χ0v) is 10.7. The number of cyclic esters (lactones) is 1. The van der Waals surface area contributed by atoms with E-state index in [9.17, 15) is 14.4 Å².